The number of halogens is 1. The van der Waals surface area contributed by atoms with Crippen molar-refractivity contribution in [2.24, 2.45) is 0 Å². The third-order valence-corrected chi connectivity index (χ3v) is 2.57. The van der Waals surface area contributed by atoms with Crippen molar-refractivity contribution >= 4 is 27.6 Å². The molecule has 0 amide bonds. The number of esters is 1. The summed E-state index contributed by atoms with van der Waals surface area (Å²) in [6, 6.07) is 6.65. The van der Waals surface area contributed by atoms with Crippen LogP contribution < -0.4 is 10.5 Å². The number of aromatic nitrogens is 2. The molecular weight excluding hydrogens is 314 g/mol. The number of hydrogen-bond donors (Lipinski definition) is 1. The number of rotatable bonds is 3. The number of nitrogens with two attached hydrogens (primary N) is 1. The summed E-state index contributed by atoms with van der Waals surface area (Å²) in [5.41, 5.74) is 6.24. The van der Waals surface area contributed by atoms with Crippen molar-refractivity contribution in [1.29, 1.82) is 0 Å². The summed E-state index contributed by atoms with van der Waals surface area (Å²) in [7, 11) is 1.26. The predicted octanol–water partition coefficient (Wildman–Crippen LogP) is 2.40. The lowest BCUT2D eigenvalue weighted by Gasteiger charge is -2.06. The standard InChI is InChI=1S/C12H10BrN3O3/c1-18-12(17)11-15-3-2-10(16-11)19-9-5-7(13)4-8(14)6-9/h2-6H,14H2,1H3. The summed E-state index contributed by atoms with van der Waals surface area (Å²) in [5.74, 6) is 0.0384. The zero-order valence-electron chi connectivity index (χ0n) is 9.96. The van der Waals surface area contributed by atoms with Gasteiger partial charge in [-0.05, 0) is 12.1 Å². The maximum Gasteiger partial charge on any atom is 0.376 e. The number of carbonyl (C=O) groups excluding carboxylic acids is 1. The van der Waals surface area contributed by atoms with Crippen molar-refractivity contribution in [3.8, 4) is 11.6 Å². The van der Waals surface area contributed by atoms with E-state index in [2.05, 4.69) is 30.6 Å². The van der Waals surface area contributed by atoms with Crippen LogP contribution in [0, 0.1) is 0 Å². The van der Waals surface area contributed by atoms with Crippen LogP contribution in [0.1, 0.15) is 10.6 Å². The van der Waals surface area contributed by atoms with Crippen LogP contribution in [0.3, 0.4) is 0 Å². The minimum absolute atomic E-state index is 0.0667. The van der Waals surface area contributed by atoms with Gasteiger partial charge in [-0.25, -0.2) is 9.78 Å². The zero-order chi connectivity index (χ0) is 13.8. The van der Waals surface area contributed by atoms with E-state index in [9.17, 15) is 4.79 Å². The number of nitrogen functional groups attached to an aromatic ring is 1. The molecule has 7 heteroatoms. The monoisotopic (exact) mass is 323 g/mol. The van der Waals surface area contributed by atoms with Gasteiger partial charge in [-0.2, -0.15) is 4.98 Å². The third-order valence-electron chi connectivity index (χ3n) is 2.11. The van der Waals surface area contributed by atoms with Crippen molar-refractivity contribution < 1.29 is 14.3 Å². The van der Waals surface area contributed by atoms with E-state index in [0.29, 0.717) is 11.4 Å². The number of carbonyl (C=O) groups is 1. The second-order valence-corrected chi connectivity index (χ2v) is 4.45. The van der Waals surface area contributed by atoms with Crippen LogP contribution in [-0.2, 0) is 4.74 Å². The van der Waals surface area contributed by atoms with E-state index in [4.69, 9.17) is 10.5 Å². The molecule has 6 nitrogen and oxygen atoms in total. The number of methoxy groups -OCH3 is 1. The van der Waals surface area contributed by atoms with Crippen molar-refractivity contribution in [3.63, 3.8) is 0 Å². The van der Waals surface area contributed by atoms with Crippen LogP contribution in [0.5, 0.6) is 11.6 Å². The number of ether oxygens (including phenoxy) is 2. The van der Waals surface area contributed by atoms with Gasteiger partial charge in [0.05, 0.1) is 7.11 Å². The van der Waals surface area contributed by atoms with E-state index < -0.39 is 5.97 Å². The Bertz CT molecular complexity index is 599. The van der Waals surface area contributed by atoms with Gasteiger partial charge in [0.25, 0.3) is 0 Å². The highest BCUT2D eigenvalue weighted by atomic mass is 79.9. The highest BCUT2D eigenvalue weighted by molar-refractivity contribution is 9.10. The molecule has 0 saturated heterocycles. The molecule has 0 aliphatic heterocycles. The molecule has 0 unspecified atom stereocenters. The normalized spacial score (nSPS) is 10.0. The van der Waals surface area contributed by atoms with Gasteiger partial charge < -0.3 is 15.2 Å². The van der Waals surface area contributed by atoms with Gasteiger partial charge in [0.2, 0.25) is 11.7 Å². The van der Waals surface area contributed by atoms with Gasteiger partial charge in [0.1, 0.15) is 5.75 Å². The number of anilines is 1. The van der Waals surface area contributed by atoms with Crippen LogP contribution in [0.25, 0.3) is 0 Å². The number of benzene rings is 1. The zero-order valence-corrected chi connectivity index (χ0v) is 11.5. The summed E-state index contributed by atoms with van der Waals surface area (Å²) < 4.78 is 10.8. The van der Waals surface area contributed by atoms with E-state index in [0.717, 1.165) is 4.47 Å². The molecule has 0 saturated carbocycles. The lowest BCUT2D eigenvalue weighted by atomic mass is 10.3. The fourth-order valence-electron chi connectivity index (χ4n) is 1.35. The van der Waals surface area contributed by atoms with Gasteiger partial charge in [-0.1, -0.05) is 15.9 Å². The van der Waals surface area contributed by atoms with Crippen LogP contribution in [0.4, 0.5) is 5.69 Å². The summed E-state index contributed by atoms with van der Waals surface area (Å²) in [6.45, 7) is 0. The third kappa shape index (κ3) is 3.41. The minimum Gasteiger partial charge on any atom is -0.463 e. The summed E-state index contributed by atoms with van der Waals surface area (Å²) in [5, 5.41) is 0. The molecule has 0 radical (unpaired) electrons. The molecule has 0 fully saturated rings. The molecule has 0 spiro atoms. The van der Waals surface area contributed by atoms with Gasteiger partial charge in [-0.15, -0.1) is 0 Å². The first-order valence-corrected chi connectivity index (χ1v) is 6.03. The molecular formula is C12H10BrN3O3. The highest BCUT2D eigenvalue weighted by Gasteiger charge is 2.10. The number of hydrogen-bond acceptors (Lipinski definition) is 6. The van der Waals surface area contributed by atoms with Gasteiger partial charge in [0, 0.05) is 28.5 Å². The highest BCUT2D eigenvalue weighted by Crippen LogP contribution is 2.26. The maximum atomic E-state index is 11.3. The lowest BCUT2D eigenvalue weighted by Crippen LogP contribution is -2.07. The molecule has 2 N–H and O–H groups in total. The molecule has 1 aromatic heterocycles. The molecule has 2 aromatic rings. The Kier molecular flexibility index (Phi) is 3.96. The van der Waals surface area contributed by atoms with E-state index in [-0.39, 0.29) is 11.7 Å². The number of nitrogens with zero attached hydrogens (tertiary/aromatic N) is 2. The van der Waals surface area contributed by atoms with E-state index in [1.165, 1.54) is 19.4 Å². The first-order chi connectivity index (χ1) is 9.08. The largest absolute Gasteiger partial charge is 0.463 e. The van der Waals surface area contributed by atoms with Gasteiger partial charge in [0.15, 0.2) is 0 Å². The Balaban J connectivity index is 2.25. The minimum atomic E-state index is -0.626. The van der Waals surface area contributed by atoms with Gasteiger partial charge >= 0.3 is 5.97 Å². The molecule has 2 rings (SSSR count). The molecule has 0 bridgehead atoms. The fourth-order valence-corrected chi connectivity index (χ4v) is 1.84. The first-order valence-electron chi connectivity index (χ1n) is 5.24. The van der Waals surface area contributed by atoms with Crippen molar-refractivity contribution in [3.05, 3.63) is 40.8 Å². The second-order valence-electron chi connectivity index (χ2n) is 3.53. The van der Waals surface area contributed by atoms with Crippen molar-refractivity contribution in [1.82, 2.24) is 9.97 Å². The SMILES string of the molecule is COC(=O)c1nccc(Oc2cc(N)cc(Br)c2)n1. The Labute approximate surface area is 117 Å². The van der Waals surface area contributed by atoms with Crippen molar-refractivity contribution in [2.75, 3.05) is 12.8 Å². The molecule has 1 heterocycles. The molecule has 98 valence electrons. The molecule has 19 heavy (non-hydrogen) atoms. The molecule has 0 atom stereocenters. The molecule has 1 aromatic carbocycles. The summed E-state index contributed by atoms with van der Waals surface area (Å²) in [4.78, 5) is 19.0. The summed E-state index contributed by atoms with van der Waals surface area (Å²) in [6.07, 6.45) is 1.41. The average Bonchev–Trinajstić information content (AvgIpc) is 2.37. The predicted molar refractivity (Wildman–Crippen MR) is 72.0 cm³/mol. The van der Waals surface area contributed by atoms with Crippen molar-refractivity contribution in [2.45, 2.75) is 0 Å². The Morgan fingerprint density at radius 1 is 1.37 bits per heavy atom. The summed E-state index contributed by atoms with van der Waals surface area (Å²) >= 11 is 3.31. The van der Waals surface area contributed by atoms with Crippen LogP contribution in [0.2, 0.25) is 0 Å². The Hall–Kier alpha value is -2.15. The quantitative estimate of drug-likeness (QED) is 0.689. The smallest absolute Gasteiger partial charge is 0.376 e. The Morgan fingerprint density at radius 2 is 2.16 bits per heavy atom. The second kappa shape index (κ2) is 5.66. The van der Waals surface area contributed by atoms with Crippen LogP contribution in [-0.4, -0.2) is 23.0 Å². The van der Waals surface area contributed by atoms with Crippen LogP contribution in [0.15, 0.2) is 34.9 Å². The molecule has 0 aliphatic carbocycles. The van der Waals surface area contributed by atoms with E-state index in [1.54, 1.807) is 18.2 Å². The van der Waals surface area contributed by atoms with Gasteiger partial charge in [-0.3, -0.25) is 0 Å². The lowest BCUT2D eigenvalue weighted by molar-refractivity contribution is 0.0585. The van der Waals surface area contributed by atoms with E-state index >= 15 is 0 Å². The topological polar surface area (TPSA) is 87.3 Å². The van der Waals surface area contributed by atoms with Crippen LogP contribution >= 0.6 is 15.9 Å². The first kappa shape index (κ1) is 13.3. The maximum absolute atomic E-state index is 11.3. The average molecular weight is 324 g/mol. The fraction of sp³-hybridized carbons (Fsp3) is 0.0833. The molecule has 0 aliphatic rings. The van der Waals surface area contributed by atoms with E-state index in [1.807, 2.05) is 0 Å². The Morgan fingerprint density at radius 3 is 2.84 bits per heavy atom.